The Hall–Kier alpha value is -2.22. The number of carbonyl (C=O) groups is 2. The number of amides is 1. The molecule has 1 heterocycles. The Kier molecular flexibility index (Phi) is 6.69. The Morgan fingerprint density at radius 3 is 2.64 bits per heavy atom. The molecule has 1 aromatic carbocycles. The van der Waals surface area contributed by atoms with Crippen LogP contribution in [0.5, 0.6) is 5.75 Å². The van der Waals surface area contributed by atoms with Gasteiger partial charge in [-0.25, -0.2) is 8.78 Å². The molecule has 0 unspecified atom stereocenters. The molecular weight excluding hydrogens is 336 g/mol. The number of nitrogens with one attached hydrogen (secondary N) is 1. The summed E-state index contributed by atoms with van der Waals surface area (Å²) in [5, 5.41) is 12.0. The molecule has 6 nitrogen and oxygen atoms in total. The number of aliphatic carboxylic acids is 1. The molecule has 0 bridgehead atoms. The van der Waals surface area contributed by atoms with Crippen molar-refractivity contribution < 1.29 is 33.0 Å². The lowest BCUT2D eigenvalue weighted by Crippen LogP contribution is -2.46. The van der Waals surface area contributed by atoms with Crippen molar-refractivity contribution in [3.05, 3.63) is 29.8 Å². The van der Waals surface area contributed by atoms with Gasteiger partial charge in [-0.2, -0.15) is 0 Å². The number of carboxylic acids is 1. The molecule has 1 aromatic rings. The van der Waals surface area contributed by atoms with Crippen LogP contribution in [-0.2, 0) is 14.3 Å². The lowest BCUT2D eigenvalue weighted by Gasteiger charge is -2.33. The third kappa shape index (κ3) is 5.38. The standard InChI is InChI=1S/C17H21F2NO5/c18-12-3-4-14(13(19)10-12)25-7-1-2-15(21)20-11-17(16(22)23)5-8-24-9-6-17/h3-4,10H,1-2,5-9,11H2,(H,20,21)(H,22,23). The number of rotatable bonds is 8. The second-order valence-corrected chi connectivity index (χ2v) is 6.00. The minimum Gasteiger partial charge on any atom is -0.491 e. The Morgan fingerprint density at radius 1 is 1.28 bits per heavy atom. The molecule has 0 aliphatic carbocycles. The first-order valence-electron chi connectivity index (χ1n) is 8.09. The van der Waals surface area contributed by atoms with E-state index in [-0.39, 0.29) is 31.2 Å². The minimum absolute atomic E-state index is 0.0535. The number of hydrogen-bond acceptors (Lipinski definition) is 4. The Labute approximate surface area is 144 Å². The van der Waals surface area contributed by atoms with E-state index in [0.29, 0.717) is 32.5 Å². The van der Waals surface area contributed by atoms with Crippen molar-refractivity contribution in [2.24, 2.45) is 5.41 Å². The molecule has 0 spiro atoms. The number of halogens is 2. The van der Waals surface area contributed by atoms with Gasteiger partial charge in [-0.15, -0.1) is 0 Å². The molecule has 0 aromatic heterocycles. The van der Waals surface area contributed by atoms with E-state index in [4.69, 9.17) is 9.47 Å². The molecule has 0 saturated carbocycles. The van der Waals surface area contributed by atoms with Gasteiger partial charge < -0.3 is 19.9 Å². The Bertz CT molecular complexity index is 617. The molecule has 2 N–H and O–H groups in total. The fraction of sp³-hybridized carbons (Fsp3) is 0.529. The van der Waals surface area contributed by atoms with Crippen molar-refractivity contribution in [1.29, 1.82) is 0 Å². The molecule has 8 heteroatoms. The molecule has 1 saturated heterocycles. The fourth-order valence-electron chi connectivity index (χ4n) is 2.59. The third-order valence-corrected chi connectivity index (χ3v) is 4.23. The van der Waals surface area contributed by atoms with Gasteiger partial charge in [0.25, 0.3) is 0 Å². The van der Waals surface area contributed by atoms with Crippen LogP contribution >= 0.6 is 0 Å². The van der Waals surface area contributed by atoms with Crippen molar-refractivity contribution in [3.8, 4) is 5.75 Å². The summed E-state index contributed by atoms with van der Waals surface area (Å²) in [7, 11) is 0. The Balaban J connectivity index is 1.70. The molecule has 2 rings (SSSR count). The number of ether oxygens (including phenoxy) is 2. The van der Waals surface area contributed by atoms with Crippen LogP contribution in [0, 0.1) is 17.0 Å². The van der Waals surface area contributed by atoms with Gasteiger partial charge in [0.2, 0.25) is 5.91 Å². The van der Waals surface area contributed by atoms with Crippen molar-refractivity contribution in [3.63, 3.8) is 0 Å². The average Bonchev–Trinajstić information content (AvgIpc) is 2.59. The van der Waals surface area contributed by atoms with Gasteiger partial charge in [0.1, 0.15) is 5.82 Å². The van der Waals surface area contributed by atoms with Gasteiger partial charge in [0.15, 0.2) is 11.6 Å². The SMILES string of the molecule is O=C(CCCOc1ccc(F)cc1F)NCC1(C(=O)O)CCOCC1. The molecular formula is C17H21F2NO5. The van der Waals surface area contributed by atoms with Crippen molar-refractivity contribution in [2.75, 3.05) is 26.4 Å². The van der Waals surface area contributed by atoms with Crippen molar-refractivity contribution >= 4 is 11.9 Å². The number of carbonyl (C=O) groups excluding carboxylic acids is 1. The van der Waals surface area contributed by atoms with E-state index in [2.05, 4.69) is 5.32 Å². The van der Waals surface area contributed by atoms with E-state index < -0.39 is 23.0 Å². The van der Waals surface area contributed by atoms with Crippen LogP contribution in [0.4, 0.5) is 8.78 Å². The predicted octanol–water partition coefficient (Wildman–Crippen LogP) is 2.12. The van der Waals surface area contributed by atoms with Crippen molar-refractivity contribution in [2.45, 2.75) is 25.7 Å². The van der Waals surface area contributed by atoms with E-state index in [1.165, 1.54) is 6.07 Å². The topological polar surface area (TPSA) is 84.9 Å². The maximum atomic E-state index is 13.4. The quantitative estimate of drug-likeness (QED) is 0.696. The maximum absolute atomic E-state index is 13.4. The van der Waals surface area contributed by atoms with Crippen LogP contribution in [0.2, 0.25) is 0 Å². The average molecular weight is 357 g/mol. The second kappa shape index (κ2) is 8.75. The van der Waals surface area contributed by atoms with Gasteiger partial charge in [-0.05, 0) is 31.4 Å². The first-order chi connectivity index (χ1) is 11.9. The number of benzene rings is 1. The van der Waals surface area contributed by atoms with Crippen LogP contribution in [0.25, 0.3) is 0 Å². The van der Waals surface area contributed by atoms with E-state index in [9.17, 15) is 23.5 Å². The van der Waals surface area contributed by atoms with Gasteiger partial charge in [0, 0.05) is 32.2 Å². The highest BCUT2D eigenvalue weighted by atomic mass is 19.1. The molecule has 1 fully saturated rings. The van der Waals surface area contributed by atoms with Crippen molar-refractivity contribution in [1.82, 2.24) is 5.32 Å². The third-order valence-electron chi connectivity index (χ3n) is 4.23. The van der Waals surface area contributed by atoms with Crippen LogP contribution < -0.4 is 10.1 Å². The number of hydrogen-bond donors (Lipinski definition) is 2. The highest BCUT2D eigenvalue weighted by Crippen LogP contribution is 2.30. The molecule has 1 amide bonds. The zero-order valence-electron chi connectivity index (χ0n) is 13.7. The molecule has 0 atom stereocenters. The fourth-order valence-corrected chi connectivity index (χ4v) is 2.59. The second-order valence-electron chi connectivity index (χ2n) is 6.00. The smallest absolute Gasteiger partial charge is 0.311 e. The highest BCUT2D eigenvalue weighted by molar-refractivity contribution is 5.79. The lowest BCUT2D eigenvalue weighted by atomic mass is 9.80. The monoisotopic (exact) mass is 357 g/mol. The molecule has 0 radical (unpaired) electrons. The van der Waals surface area contributed by atoms with Gasteiger partial charge in [0.05, 0.1) is 12.0 Å². The first kappa shape index (κ1) is 19.1. The summed E-state index contributed by atoms with van der Waals surface area (Å²) in [6, 6.07) is 3.00. The highest BCUT2D eigenvalue weighted by Gasteiger charge is 2.40. The summed E-state index contributed by atoms with van der Waals surface area (Å²) >= 11 is 0. The van der Waals surface area contributed by atoms with Gasteiger partial charge in [-0.1, -0.05) is 0 Å². The number of carboxylic acid groups (broad SMARTS) is 1. The van der Waals surface area contributed by atoms with E-state index in [0.717, 1.165) is 12.1 Å². The van der Waals surface area contributed by atoms with Crippen LogP contribution in [-0.4, -0.2) is 43.3 Å². The zero-order chi connectivity index (χ0) is 18.3. The largest absolute Gasteiger partial charge is 0.491 e. The van der Waals surface area contributed by atoms with E-state index in [1.54, 1.807) is 0 Å². The maximum Gasteiger partial charge on any atom is 0.311 e. The van der Waals surface area contributed by atoms with Crippen LogP contribution in [0.15, 0.2) is 18.2 Å². The minimum atomic E-state index is -0.984. The van der Waals surface area contributed by atoms with Gasteiger partial charge >= 0.3 is 5.97 Å². The summed E-state index contributed by atoms with van der Waals surface area (Å²) < 4.78 is 36.5. The van der Waals surface area contributed by atoms with Crippen LogP contribution in [0.1, 0.15) is 25.7 Å². The summed E-state index contributed by atoms with van der Waals surface area (Å²) in [6.07, 6.45) is 1.16. The normalized spacial score (nSPS) is 16.2. The van der Waals surface area contributed by atoms with E-state index >= 15 is 0 Å². The van der Waals surface area contributed by atoms with E-state index in [1.807, 2.05) is 0 Å². The Morgan fingerprint density at radius 2 is 2.00 bits per heavy atom. The zero-order valence-corrected chi connectivity index (χ0v) is 13.7. The summed E-state index contributed by atoms with van der Waals surface area (Å²) in [5.74, 6) is -2.80. The lowest BCUT2D eigenvalue weighted by molar-refractivity contribution is -0.154. The molecule has 138 valence electrons. The summed E-state index contributed by atoms with van der Waals surface area (Å²) in [6.45, 7) is 0.865. The summed E-state index contributed by atoms with van der Waals surface area (Å²) in [5.41, 5.74) is -0.984. The first-order valence-corrected chi connectivity index (χ1v) is 8.09. The predicted molar refractivity (Wildman–Crippen MR) is 84.2 cm³/mol. The van der Waals surface area contributed by atoms with Crippen LogP contribution in [0.3, 0.4) is 0 Å². The molecule has 25 heavy (non-hydrogen) atoms. The molecule has 1 aliphatic rings. The summed E-state index contributed by atoms with van der Waals surface area (Å²) in [4.78, 5) is 23.3. The van der Waals surface area contributed by atoms with Gasteiger partial charge in [-0.3, -0.25) is 9.59 Å². The molecule has 1 aliphatic heterocycles.